The molecule has 0 aromatic rings. The van der Waals surface area contributed by atoms with E-state index in [0.717, 1.165) is 25.8 Å². The fourth-order valence-electron chi connectivity index (χ4n) is 1.94. The van der Waals surface area contributed by atoms with E-state index >= 15 is 0 Å². The maximum atomic E-state index is 9.45. The number of nitrogens with one attached hydrogen (secondary N) is 1. The summed E-state index contributed by atoms with van der Waals surface area (Å²) in [6, 6.07) is 0.0231. The van der Waals surface area contributed by atoms with Crippen molar-refractivity contribution in [2.75, 3.05) is 13.1 Å². The van der Waals surface area contributed by atoms with Gasteiger partial charge in [0.25, 0.3) is 0 Å². The van der Waals surface area contributed by atoms with Gasteiger partial charge in [-0.1, -0.05) is 6.92 Å². The lowest BCUT2D eigenvalue weighted by Crippen LogP contribution is -2.49. The van der Waals surface area contributed by atoms with Crippen LogP contribution >= 0.6 is 0 Å². The van der Waals surface area contributed by atoms with Crippen LogP contribution in [0.3, 0.4) is 0 Å². The smallest absolute Gasteiger partial charge is 0.108 e. The SMILES string of the molecule is CCC(C(=N)N)N1CCCC(O)C1. The summed E-state index contributed by atoms with van der Waals surface area (Å²) in [6.07, 6.45) is 2.50. The molecule has 4 heteroatoms. The monoisotopic (exact) mass is 185 g/mol. The van der Waals surface area contributed by atoms with Gasteiger partial charge in [-0.3, -0.25) is 10.3 Å². The summed E-state index contributed by atoms with van der Waals surface area (Å²) < 4.78 is 0. The normalized spacial score (nSPS) is 27.1. The second kappa shape index (κ2) is 4.58. The van der Waals surface area contributed by atoms with Crippen molar-refractivity contribution in [3.05, 3.63) is 0 Å². The molecule has 2 atom stereocenters. The van der Waals surface area contributed by atoms with Crippen LogP contribution in [0.4, 0.5) is 0 Å². The molecule has 0 amide bonds. The second-order valence-electron chi connectivity index (χ2n) is 3.67. The summed E-state index contributed by atoms with van der Waals surface area (Å²) in [7, 11) is 0. The minimum Gasteiger partial charge on any atom is -0.392 e. The molecule has 4 nitrogen and oxygen atoms in total. The molecule has 0 aromatic carbocycles. The molecule has 0 bridgehead atoms. The summed E-state index contributed by atoms with van der Waals surface area (Å²) in [6.45, 7) is 3.64. The predicted molar refractivity (Wildman–Crippen MR) is 52.8 cm³/mol. The van der Waals surface area contributed by atoms with Crippen LogP contribution in [0.1, 0.15) is 26.2 Å². The molecule has 1 heterocycles. The lowest BCUT2D eigenvalue weighted by Gasteiger charge is -2.35. The van der Waals surface area contributed by atoms with Gasteiger partial charge >= 0.3 is 0 Å². The molecule has 4 N–H and O–H groups in total. The Morgan fingerprint density at radius 3 is 2.92 bits per heavy atom. The highest BCUT2D eigenvalue weighted by molar-refractivity contribution is 5.82. The summed E-state index contributed by atoms with van der Waals surface area (Å²) in [4.78, 5) is 2.11. The highest BCUT2D eigenvalue weighted by Crippen LogP contribution is 2.14. The Morgan fingerprint density at radius 2 is 2.46 bits per heavy atom. The minimum atomic E-state index is -0.234. The van der Waals surface area contributed by atoms with E-state index in [9.17, 15) is 5.11 Å². The van der Waals surface area contributed by atoms with Crippen LogP contribution in [0.25, 0.3) is 0 Å². The Labute approximate surface area is 79.2 Å². The van der Waals surface area contributed by atoms with Crippen molar-refractivity contribution in [3.63, 3.8) is 0 Å². The lowest BCUT2D eigenvalue weighted by molar-refractivity contribution is 0.0596. The van der Waals surface area contributed by atoms with Gasteiger partial charge in [0.1, 0.15) is 5.84 Å². The predicted octanol–water partition coefficient (Wildman–Crippen LogP) is 0.158. The van der Waals surface area contributed by atoms with Gasteiger partial charge in [-0.25, -0.2) is 0 Å². The molecule has 0 spiro atoms. The number of aliphatic hydroxyl groups is 1. The van der Waals surface area contributed by atoms with Gasteiger partial charge in [-0.15, -0.1) is 0 Å². The third kappa shape index (κ3) is 2.67. The molecule has 0 aliphatic carbocycles. The van der Waals surface area contributed by atoms with Gasteiger partial charge < -0.3 is 10.8 Å². The average Bonchev–Trinajstić information content (AvgIpc) is 2.04. The molecule has 1 saturated heterocycles. The van der Waals surface area contributed by atoms with Crippen LogP contribution in [0, 0.1) is 5.41 Å². The van der Waals surface area contributed by atoms with E-state index in [1.54, 1.807) is 0 Å². The minimum absolute atomic E-state index is 0.0231. The number of rotatable bonds is 3. The molecule has 0 aromatic heterocycles. The molecular formula is C9H19N3O. The van der Waals surface area contributed by atoms with Crippen LogP contribution < -0.4 is 5.73 Å². The molecule has 1 rings (SSSR count). The number of nitrogens with two attached hydrogens (primary N) is 1. The van der Waals surface area contributed by atoms with E-state index in [1.807, 2.05) is 6.92 Å². The fraction of sp³-hybridized carbons (Fsp3) is 0.889. The van der Waals surface area contributed by atoms with Gasteiger partial charge in [0.2, 0.25) is 0 Å². The van der Waals surface area contributed by atoms with Crippen molar-refractivity contribution in [2.24, 2.45) is 5.73 Å². The van der Waals surface area contributed by atoms with Gasteiger partial charge in [0.05, 0.1) is 12.1 Å². The van der Waals surface area contributed by atoms with E-state index in [-0.39, 0.29) is 18.0 Å². The van der Waals surface area contributed by atoms with Crippen molar-refractivity contribution in [3.8, 4) is 0 Å². The van der Waals surface area contributed by atoms with Crippen molar-refractivity contribution in [1.29, 1.82) is 5.41 Å². The van der Waals surface area contributed by atoms with Gasteiger partial charge in [-0.2, -0.15) is 0 Å². The maximum absolute atomic E-state index is 9.45. The summed E-state index contributed by atoms with van der Waals surface area (Å²) in [5.74, 6) is 0.219. The molecule has 2 unspecified atom stereocenters. The first kappa shape index (κ1) is 10.5. The summed E-state index contributed by atoms with van der Waals surface area (Å²) in [5, 5.41) is 16.9. The Kier molecular flexibility index (Phi) is 3.69. The zero-order valence-corrected chi connectivity index (χ0v) is 8.16. The molecule has 1 fully saturated rings. The van der Waals surface area contributed by atoms with Crippen LogP contribution in [0.15, 0.2) is 0 Å². The van der Waals surface area contributed by atoms with Crippen molar-refractivity contribution < 1.29 is 5.11 Å². The third-order valence-electron chi connectivity index (χ3n) is 2.61. The lowest BCUT2D eigenvalue weighted by atomic mass is 10.0. The highest BCUT2D eigenvalue weighted by Gasteiger charge is 2.25. The summed E-state index contributed by atoms with van der Waals surface area (Å²) >= 11 is 0. The second-order valence-corrected chi connectivity index (χ2v) is 3.67. The van der Waals surface area contributed by atoms with Crippen molar-refractivity contribution >= 4 is 5.84 Å². The highest BCUT2D eigenvalue weighted by atomic mass is 16.3. The standard InChI is InChI=1S/C9H19N3O/c1-2-8(9(10)11)12-5-3-4-7(13)6-12/h7-8,13H,2-6H2,1H3,(H3,10,11). The van der Waals surface area contributed by atoms with E-state index in [0.29, 0.717) is 6.54 Å². The van der Waals surface area contributed by atoms with Gasteiger partial charge in [0, 0.05) is 6.54 Å². The first-order valence-electron chi connectivity index (χ1n) is 4.91. The Balaban J connectivity index is 2.52. The quantitative estimate of drug-likeness (QED) is 0.433. The van der Waals surface area contributed by atoms with E-state index in [1.165, 1.54) is 0 Å². The first-order chi connectivity index (χ1) is 6.15. The number of likely N-dealkylation sites (tertiary alicyclic amines) is 1. The average molecular weight is 185 g/mol. The zero-order chi connectivity index (χ0) is 9.84. The number of β-amino-alcohol motifs (C(OH)–C–C–N with tert-alkyl or cyclic N) is 1. The van der Waals surface area contributed by atoms with Gasteiger partial charge in [-0.05, 0) is 25.8 Å². The molecule has 13 heavy (non-hydrogen) atoms. The Hall–Kier alpha value is -0.610. The van der Waals surface area contributed by atoms with E-state index in [4.69, 9.17) is 11.1 Å². The number of nitrogens with zero attached hydrogens (tertiary/aromatic N) is 1. The number of hydrogen-bond acceptors (Lipinski definition) is 3. The topological polar surface area (TPSA) is 73.3 Å². The molecular weight excluding hydrogens is 166 g/mol. The molecule has 0 radical (unpaired) electrons. The number of hydrogen-bond donors (Lipinski definition) is 3. The van der Waals surface area contributed by atoms with Gasteiger partial charge in [0.15, 0.2) is 0 Å². The Bertz CT molecular complexity index is 184. The zero-order valence-electron chi connectivity index (χ0n) is 8.16. The number of piperidine rings is 1. The van der Waals surface area contributed by atoms with Crippen LogP contribution in [-0.4, -0.2) is 41.1 Å². The molecule has 1 aliphatic rings. The van der Waals surface area contributed by atoms with E-state index in [2.05, 4.69) is 4.90 Å². The van der Waals surface area contributed by atoms with E-state index < -0.39 is 0 Å². The third-order valence-corrected chi connectivity index (χ3v) is 2.61. The number of aliphatic hydroxyl groups excluding tert-OH is 1. The van der Waals surface area contributed by atoms with Crippen LogP contribution in [0.5, 0.6) is 0 Å². The largest absolute Gasteiger partial charge is 0.392 e. The maximum Gasteiger partial charge on any atom is 0.108 e. The number of amidine groups is 1. The fourth-order valence-corrected chi connectivity index (χ4v) is 1.94. The molecule has 1 aliphatic heterocycles. The molecule has 0 saturated carbocycles. The van der Waals surface area contributed by atoms with Crippen molar-refractivity contribution in [1.82, 2.24) is 4.90 Å². The van der Waals surface area contributed by atoms with Crippen LogP contribution in [0.2, 0.25) is 0 Å². The summed E-state index contributed by atoms with van der Waals surface area (Å²) in [5.41, 5.74) is 5.48. The molecule has 76 valence electrons. The first-order valence-corrected chi connectivity index (χ1v) is 4.91. The Morgan fingerprint density at radius 1 is 1.77 bits per heavy atom. The van der Waals surface area contributed by atoms with Crippen LogP contribution in [-0.2, 0) is 0 Å². The van der Waals surface area contributed by atoms with Crippen molar-refractivity contribution in [2.45, 2.75) is 38.3 Å².